The third-order valence-electron chi connectivity index (χ3n) is 5.06. The number of benzene rings is 2. The van der Waals surface area contributed by atoms with Crippen molar-refractivity contribution in [1.29, 1.82) is 0 Å². The van der Waals surface area contributed by atoms with Crippen molar-refractivity contribution in [3.63, 3.8) is 0 Å². The van der Waals surface area contributed by atoms with Crippen LogP contribution in [0.25, 0.3) is 11.4 Å². The topological polar surface area (TPSA) is 61.4 Å². The first-order chi connectivity index (χ1) is 15.3. The molecule has 1 saturated heterocycles. The molecule has 0 saturated carbocycles. The van der Waals surface area contributed by atoms with Gasteiger partial charge in [0.15, 0.2) is 5.82 Å². The van der Waals surface area contributed by atoms with E-state index in [-0.39, 0.29) is 5.69 Å². The monoisotopic (exact) mass is 465 g/mol. The number of halogens is 4. The van der Waals surface area contributed by atoms with Gasteiger partial charge in [0.1, 0.15) is 0 Å². The molecule has 0 atom stereocenters. The van der Waals surface area contributed by atoms with Gasteiger partial charge in [-0.15, -0.1) is 0 Å². The van der Waals surface area contributed by atoms with E-state index in [0.29, 0.717) is 32.0 Å². The van der Waals surface area contributed by atoms with Crippen LogP contribution in [0, 0.1) is 0 Å². The molecule has 2 amide bonds. The quantitative estimate of drug-likeness (QED) is 0.544. The second-order valence-electron chi connectivity index (χ2n) is 7.18. The Morgan fingerprint density at radius 3 is 2.44 bits per heavy atom. The zero-order valence-electron chi connectivity index (χ0n) is 16.7. The second-order valence-corrected chi connectivity index (χ2v) is 7.91. The van der Waals surface area contributed by atoms with E-state index in [0.717, 1.165) is 22.8 Å². The summed E-state index contributed by atoms with van der Waals surface area (Å²) in [5.74, 6) is -3.64. The highest BCUT2D eigenvalue weighted by molar-refractivity contribution is 7.09. The van der Waals surface area contributed by atoms with Gasteiger partial charge in [0, 0.05) is 54.5 Å². The Kier molecular flexibility index (Phi) is 6.26. The van der Waals surface area contributed by atoms with E-state index in [1.165, 1.54) is 28.6 Å². The highest BCUT2D eigenvalue weighted by Crippen LogP contribution is 2.35. The van der Waals surface area contributed by atoms with Gasteiger partial charge in [0.25, 0.3) is 0 Å². The van der Waals surface area contributed by atoms with Gasteiger partial charge >= 0.3 is 18.4 Å². The molecule has 6 nitrogen and oxygen atoms in total. The summed E-state index contributed by atoms with van der Waals surface area (Å²) in [5.41, 5.74) is 0.111. The van der Waals surface area contributed by atoms with Crippen LogP contribution in [0.1, 0.15) is 5.56 Å². The minimum atomic E-state index is -4.29. The molecule has 1 aliphatic rings. The van der Waals surface area contributed by atoms with Gasteiger partial charge in [0.05, 0.1) is 0 Å². The maximum Gasteiger partial charge on any atom is 0.332 e. The molecule has 168 valence electrons. The smallest absolute Gasteiger partial charge is 0.332 e. The minimum Gasteiger partial charge on any atom is -0.343 e. The van der Waals surface area contributed by atoms with Crippen molar-refractivity contribution in [3.8, 4) is 11.4 Å². The molecule has 0 radical (unpaired) electrons. The number of rotatable bonds is 5. The average Bonchev–Trinajstić information content (AvgIpc) is 3.30. The summed E-state index contributed by atoms with van der Waals surface area (Å²) < 4.78 is 56.7. The Hall–Kier alpha value is -3.21. The van der Waals surface area contributed by atoms with Gasteiger partial charge in [-0.2, -0.15) is 18.1 Å². The van der Waals surface area contributed by atoms with Crippen molar-refractivity contribution in [1.82, 2.24) is 14.3 Å². The van der Waals surface area contributed by atoms with Crippen LogP contribution in [0.2, 0.25) is 0 Å². The Bertz CT molecular complexity index is 1070. The predicted octanol–water partition coefficient (Wildman–Crippen LogP) is 4.92. The molecule has 2 heterocycles. The van der Waals surface area contributed by atoms with Crippen molar-refractivity contribution in [2.75, 3.05) is 36.4 Å². The molecule has 0 aliphatic carbocycles. The average molecular weight is 465 g/mol. The first-order valence-corrected chi connectivity index (χ1v) is 10.6. The van der Waals surface area contributed by atoms with Crippen LogP contribution in [-0.4, -0.2) is 52.9 Å². The van der Waals surface area contributed by atoms with Gasteiger partial charge < -0.3 is 15.1 Å². The van der Waals surface area contributed by atoms with Crippen LogP contribution in [0.3, 0.4) is 0 Å². The second kappa shape index (κ2) is 9.11. The number of aromatic nitrogens is 2. The summed E-state index contributed by atoms with van der Waals surface area (Å²) >= 11 is 1.28. The summed E-state index contributed by atoms with van der Waals surface area (Å²) in [6.07, 6.45) is -3.83. The maximum atomic E-state index is 13.6. The van der Waals surface area contributed by atoms with Gasteiger partial charge in [-0.05, 0) is 12.1 Å². The minimum absolute atomic E-state index is 0.0341. The lowest BCUT2D eigenvalue weighted by Gasteiger charge is -2.34. The zero-order valence-corrected chi connectivity index (χ0v) is 17.5. The van der Waals surface area contributed by atoms with Crippen molar-refractivity contribution >= 4 is 28.4 Å². The van der Waals surface area contributed by atoms with Crippen LogP contribution in [-0.2, 0) is 5.92 Å². The first-order valence-electron chi connectivity index (χ1n) is 9.81. The molecule has 11 heteroatoms. The number of alkyl halides is 4. The number of carbonyl (C=O) groups excluding carboxylic acids is 1. The summed E-state index contributed by atoms with van der Waals surface area (Å²) in [6.45, 7) is 1.83. The number of anilines is 2. The third-order valence-corrected chi connectivity index (χ3v) is 5.83. The fourth-order valence-electron chi connectivity index (χ4n) is 3.28. The van der Waals surface area contributed by atoms with Crippen molar-refractivity contribution in [2.45, 2.75) is 12.3 Å². The number of urea groups is 1. The lowest BCUT2D eigenvalue weighted by atomic mass is 10.1. The van der Waals surface area contributed by atoms with Crippen LogP contribution in [0.5, 0.6) is 0 Å². The Morgan fingerprint density at radius 2 is 1.75 bits per heavy atom. The molecular weight excluding hydrogens is 446 g/mol. The largest absolute Gasteiger partial charge is 0.343 e. The van der Waals surface area contributed by atoms with Gasteiger partial charge in [-0.1, -0.05) is 42.5 Å². The van der Waals surface area contributed by atoms with Crippen LogP contribution >= 0.6 is 11.5 Å². The zero-order chi connectivity index (χ0) is 22.7. The molecule has 0 spiro atoms. The molecule has 1 aliphatic heterocycles. The fraction of sp³-hybridized carbons (Fsp3) is 0.286. The van der Waals surface area contributed by atoms with Crippen LogP contribution < -0.4 is 10.2 Å². The lowest BCUT2D eigenvalue weighted by Crippen LogP contribution is -2.50. The Morgan fingerprint density at radius 1 is 1.03 bits per heavy atom. The first kappa shape index (κ1) is 22.0. The van der Waals surface area contributed by atoms with E-state index in [9.17, 15) is 22.4 Å². The van der Waals surface area contributed by atoms with Gasteiger partial charge in [0.2, 0.25) is 5.13 Å². The number of piperazine rings is 1. The molecule has 0 unspecified atom stereocenters. The fourth-order valence-corrected chi connectivity index (χ4v) is 4.02. The number of nitrogens with one attached hydrogen (secondary N) is 1. The summed E-state index contributed by atoms with van der Waals surface area (Å²) in [5, 5.41) is 3.26. The predicted molar refractivity (Wildman–Crippen MR) is 114 cm³/mol. The van der Waals surface area contributed by atoms with Crippen molar-refractivity contribution in [3.05, 3.63) is 60.2 Å². The number of hydrogen-bond acceptors (Lipinski definition) is 5. The maximum absolute atomic E-state index is 13.6. The van der Waals surface area contributed by atoms with E-state index in [1.54, 1.807) is 0 Å². The van der Waals surface area contributed by atoms with Gasteiger partial charge in [-0.3, -0.25) is 0 Å². The van der Waals surface area contributed by atoms with E-state index in [1.807, 2.05) is 35.2 Å². The van der Waals surface area contributed by atoms with Gasteiger partial charge in [-0.25, -0.2) is 13.6 Å². The Labute approximate surface area is 185 Å². The number of carbonyl (C=O) groups is 1. The molecule has 1 fully saturated rings. The molecular formula is C21H19F4N5OS. The standard InChI is InChI=1S/C21H19F4N5OS/c22-18(23)21(24,25)15-7-4-8-16(13-15)26-19(31)29-9-11-30(12-10-29)20-27-17(28-32-20)14-5-2-1-3-6-14/h1-8,13,18H,9-12H2,(H,26,31). The van der Waals surface area contributed by atoms with Crippen LogP contribution in [0.4, 0.5) is 33.2 Å². The third kappa shape index (κ3) is 4.67. The molecule has 32 heavy (non-hydrogen) atoms. The molecule has 3 aromatic rings. The summed E-state index contributed by atoms with van der Waals surface area (Å²) in [6, 6.07) is 13.5. The van der Waals surface area contributed by atoms with Crippen molar-refractivity contribution < 1.29 is 22.4 Å². The number of amides is 2. The molecule has 1 N–H and O–H groups in total. The number of hydrogen-bond donors (Lipinski definition) is 1. The normalized spacial score (nSPS) is 14.7. The van der Waals surface area contributed by atoms with E-state index < -0.39 is 23.9 Å². The van der Waals surface area contributed by atoms with Crippen LogP contribution in [0.15, 0.2) is 54.6 Å². The summed E-state index contributed by atoms with van der Waals surface area (Å²) in [4.78, 5) is 20.7. The summed E-state index contributed by atoms with van der Waals surface area (Å²) in [7, 11) is 0. The van der Waals surface area contributed by atoms with E-state index >= 15 is 0 Å². The SMILES string of the molecule is O=C(Nc1cccc(C(F)(F)C(F)F)c1)N1CCN(c2nc(-c3ccccc3)ns2)CC1. The molecule has 1 aromatic heterocycles. The Balaban J connectivity index is 1.35. The molecule has 4 rings (SSSR count). The highest BCUT2D eigenvalue weighted by atomic mass is 32.1. The molecule has 0 bridgehead atoms. The molecule has 2 aromatic carbocycles. The van der Waals surface area contributed by atoms with E-state index in [2.05, 4.69) is 14.7 Å². The van der Waals surface area contributed by atoms with Crippen molar-refractivity contribution in [2.24, 2.45) is 0 Å². The highest BCUT2D eigenvalue weighted by Gasteiger charge is 2.42. The lowest BCUT2D eigenvalue weighted by molar-refractivity contribution is -0.135. The van der Waals surface area contributed by atoms with E-state index in [4.69, 9.17) is 0 Å². The number of nitrogens with zero attached hydrogens (tertiary/aromatic N) is 4.